The fourth-order valence-corrected chi connectivity index (χ4v) is 4.75. The van der Waals surface area contributed by atoms with E-state index in [9.17, 15) is 0 Å². The fourth-order valence-electron chi connectivity index (χ4n) is 4.41. The molecule has 1 aliphatic heterocycles. The van der Waals surface area contributed by atoms with E-state index in [-0.39, 0.29) is 0 Å². The third-order valence-electron chi connectivity index (χ3n) is 4.70. The molecule has 2 nitrogen and oxygen atoms in total. The molecule has 1 N–H and O–H groups in total. The summed E-state index contributed by atoms with van der Waals surface area (Å²) in [4.78, 5) is 2.43. The molecule has 1 heterocycles. The number of nitrogens with zero attached hydrogens (tertiary/aromatic N) is 1. The van der Waals surface area contributed by atoms with E-state index in [0.29, 0.717) is 16.9 Å². The topological polar surface area (TPSA) is 15.3 Å². The van der Waals surface area contributed by atoms with Crippen molar-refractivity contribution in [1.29, 1.82) is 0 Å². The number of thiocarbonyl (C=S) groups is 1. The monoisotopic (exact) mass is 288 g/mol. The van der Waals surface area contributed by atoms with E-state index < -0.39 is 0 Å². The van der Waals surface area contributed by atoms with E-state index in [2.05, 4.69) is 43.1 Å². The summed E-state index contributed by atoms with van der Waals surface area (Å²) in [5.74, 6) is 0. The van der Waals surface area contributed by atoms with Crippen LogP contribution in [0.2, 0.25) is 0 Å². The van der Waals surface area contributed by atoms with Gasteiger partial charge in [0.2, 0.25) is 0 Å². The van der Waals surface area contributed by atoms with Gasteiger partial charge in [-0.1, -0.05) is 39.0 Å². The molecule has 1 saturated carbocycles. The average molecular weight is 288 g/mol. The van der Waals surface area contributed by atoms with Crippen molar-refractivity contribution in [2.75, 3.05) is 11.9 Å². The zero-order chi connectivity index (χ0) is 14.4. The second-order valence-corrected chi connectivity index (χ2v) is 8.02. The highest BCUT2D eigenvalue weighted by Gasteiger charge is 2.50. The van der Waals surface area contributed by atoms with E-state index in [1.54, 1.807) is 0 Å². The van der Waals surface area contributed by atoms with Crippen LogP contribution in [0.5, 0.6) is 0 Å². The molecule has 0 radical (unpaired) electrons. The molecule has 0 aromatic heterocycles. The van der Waals surface area contributed by atoms with Gasteiger partial charge in [0, 0.05) is 18.3 Å². The van der Waals surface area contributed by atoms with Crippen molar-refractivity contribution < 1.29 is 0 Å². The van der Waals surface area contributed by atoms with Gasteiger partial charge in [-0.25, -0.2) is 0 Å². The Balaban J connectivity index is 1.74. The number of hydrogen-bond acceptors (Lipinski definition) is 1. The maximum Gasteiger partial charge on any atom is 0.173 e. The van der Waals surface area contributed by atoms with Crippen molar-refractivity contribution in [3.05, 3.63) is 30.3 Å². The maximum atomic E-state index is 5.66. The average Bonchev–Trinajstić information content (AvgIpc) is 2.60. The number of fused-ring (bicyclic) bond motifs is 2. The number of rotatable bonds is 1. The van der Waals surface area contributed by atoms with Crippen molar-refractivity contribution in [3.63, 3.8) is 0 Å². The van der Waals surface area contributed by atoms with Gasteiger partial charge in [0.05, 0.1) is 0 Å². The molecule has 3 rings (SSSR count). The lowest BCUT2D eigenvalue weighted by atomic mass is 9.65. The van der Waals surface area contributed by atoms with Crippen LogP contribution in [0.15, 0.2) is 30.3 Å². The molecule has 2 fully saturated rings. The third kappa shape index (κ3) is 2.69. The van der Waals surface area contributed by atoms with Gasteiger partial charge in [-0.3, -0.25) is 0 Å². The molecule has 1 aromatic carbocycles. The predicted octanol–water partition coefficient (Wildman–Crippen LogP) is 4.28. The van der Waals surface area contributed by atoms with Gasteiger partial charge in [0.25, 0.3) is 0 Å². The molecule has 2 aliphatic rings. The first-order valence-corrected chi connectivity index (χ1v) is 7.91. The molecule has 0 spiro atoms. The van der Waals surface area contributed by atoms with E-state index >= 15 is 0 Å². The third-order valence-corrected chi connectivity index (χ3v) is 5.04. The quantitative estimate of drug-likeness (QED) is 0.776. The fraction of sp³-hybridized carbons (Fsp3) is 0.588. The molecule has 2 atom stereocenters. The van der Waals surface area contributed by atoms with Crippen LogP contribution in [-0.2, 0) is 0 Å². The first-order chi connectivity index (χ1) is 9.37. The molecule has 3 heteroatoms. The second kappa shape index (κ2) is 4.73. The summed E-state index contributed by atoms with van der Waals surface area (Å²) in [6, 6.07) is 10.9. The van der Waals surface area contributed by atoms with Crippen LogP contribution in [0, 0.1) is 10.8 Å². The molecule has 1 aliphatic carbocycles. The van der Waals surface area contributed by atoms with Gasteiger partial charge in [0.15, 0.2) is 5.11 Å². The number of para-hydroxylation sites is 1. The van der Waals surface area contributed by atoms with Gasteiger partial charge in [-0.2, -0.15) is 0 Å². The molecule has 1 saturated heterocycles. The van der Waals surface area contributed by atoms with Gasteiger partial charge in [-0.05, 0) is 54.4 Å². The molecule has 1 aromatic rings. The SMILES string of the molecule is CC1(C)CC2CC(C)(CN2C(=S)Nc2ccccc2)C1. The second-order valence-electron chi connectivity index (χ2n) is 7.64. The van der Waals surface area contributed by atoms with Crippen LogP contribution >= 0.6 is 12.2 Å². The molecule has 0 amide bonds. The zero-order valence-electron chi connectivity index (χ0n) is 12.6. The highest BCUT2D eigenvalue weighted by molar-refractivity contribution is 7.80. The smallest absolute Gasteiger partial charge is 0.173 e. The van der Waals surface area contributed by atoms with Gasteiger partial charge < -0.3 is 10.2 Å². The van der Waals surface area contributed by atoms with E-state index in [1.165, 1.54) is 19.3 Å². The summed E-state index contributed by atoms with van der Waals surface area (Å²) in [6.07, 6.45) is 3.84. The van der Waals surface area contributed by atoms with Crippen molar-refractivity contribution in [1.82, 2.24) is 4.90 Å². The minimum Gasteiger partial charge on any atom is -0.345 e. The van der Waals surface area contributed by atoms with Crippen molar-refractivity contribution >= 4 is 23.0 Å². The van der Waals surface area contributed by atoms with Crippen LogP contribution in [0.1, 0.15) is 40.0 Å². The number of benzene rings is 1. The first kappa shape index (κ1) is 13.9. The summed E-state index contributed by atoms with van der Waals surface area (Å²) < 4.78 is 0. The lowest BCUT2D eigenvalue weighted by Gasteiger charge is -2.39. The van der Waals surface area contributed by atoms with E-state index in [1.807, 2.05) is 18.2 Å². The first-order valence-electron chi connectivity index (χ1n) is 7.50. The minimum atomic E-state index is 0.425. The van der Waals surface area contributed by atoms with Crippen LogP contribution in [0.3, 0.4) is 0 Å². The highest BCUT2D eigenvalue weighted by Crippen LogP contribution is 2.52. The number of hydrogen-bond donors (Lipinski definition) is 1. The molecule has 20 heavy (non-hydrogen) atoms. The maximum absolute atomic E-state index is 5.66. The van der Waals surface area contributed by atoms with Gasteiger partial charge >= 0.3 is 0 Å². The van der Waals surface area contributed by atoms with Crippen LogP contribution in [0.25, 0.3) is 0 Å². The lowest BCUT2D eigenvalue weighted by molar-refractivity contribution is 0.132. The van der Waals surface area contributed by atoms with E-state index in [0.717, 1.165) is 17.3 Å². The molecular formula is C17H24N2S. The van der Waals surface area contributed by atoms with Gasteiger partial charge in [-0.15, -0.1) is 0 Å². The van der Waals surface area contributed by atoms with Crippen molar-refractivity contribution in [3.8, 4) is 0 Å². The largest absolute Gasteiger partial charge is 0.345 e. The Bertz CT molecular complexity index is 511. The van der Waals surface area contributed by atoms with Gasteiger partial charge in [0.1, 0.15) is 0 Å². The van der Waals surface area contributed by atoms with Crippen LogP contribution in [0.4, 0.5) is 5.69 Å². The Labute approximate surface area is 127 Å². The Morgan fingerprint density at radius 3 is 2.60 bits per heavy atom. The zero-order valence-corrected chi connectivity index (χ0v) is 13.5. The Hall–Kier alpha value is -1.09. The molecular weight excluding hydrogens is 264 g/mol. The summed E-state index contributed by atoms with van der Waals surface area (Å²) >= 11 is 5.66. The Morgan fingerprint density at radius 1 is 1.20 bits per heavy atom. The summed E-state index contributed by atoms with van der Waals surface area (Å²) in [5, 5.41) is 4.29. The Morgan fingerprint density at radius 2 is 1.90 bits per heavy atom. The molecule has 2 unspecified atom stereocenters. The van der Waals surface area contributed by atoms with Crippen molar-refractivity contribution in [2.45, 2.75) is 46.1 Å². The summed E-state index contributed by atoms with van der Waals surface area (Å²) in [5.41, 5.74) is 1.95. The highest BCUT2D eigenvalue weighted by atomic mass is 32.1. The minimum absolute atomic E-state index is 0.425. The number of likely N-dealkylation sites (tertiary alicyclic amines) is 1. The number of nitrogens with one attached hydrogen (secondary N) is 1. The van der Waals surface area contributed by atoms with E-state index in [4.69, 9.17) is 12.2 Å². The van der Waals surface area contributed by atoms with Crippen LogP contribution < -0.4 is 5.32 Å². The summed E-state index contributed by atoms with van der Waals surface area (Å²) in [7, 11) is 0. The Kier molecular flexibility index (Phi) is 3.28. The molecule has 2 bridgehead atoms. The van der Waals surface area contributed by atoms with Crippen LogP contribution in [-0.4, -0.2) is 22.6 Å². The number of anilines is 1. The summed E-state index contributed by atoms with van der Waals surface area (Å²) in [6.45, 7) is 8.31. The standard InChI is InChI=1S/C17H24N2S/c1-16(2)9-14-10-17(3,11-16)12-19(14)15(20)18-13-7-5-4-6-8-13/h4-8,14H,9-12H2,1-3H3,(H,18,20). The van der Waals surface area contributed by atoms with Crippen molar-refractivity contribution in [2.24, 2.45) is 10.8 Å². The lowest BCUT2D eigenvalue weighted by Crippen LogP contribution is -2.39. The molecule has 108 valence electrons. The predicted molar refractivity (Wildman–Crippen MR) is 88.9 cm³/mol. The normalized spacial score (nSPS) is 31.1.